The second-order valence-electron chi connectivity index (χ2n) is 5.18. The van der Waals surface area contributed by atoms with Crippen molar-refractivity contribution >= 4 is 11.7 Å². The third-order valence-electron chi connectivity index (χ3n) is 3.31. The highest BCUT2D eigenvalue weighted by Gasteiger charge is 2.20. The summed E-state index contributed by atoms with van der Waals surface area (Å²) in [5, 5.41) is 11.3. The fraction of sp³-hybridized carbons (Fsp3) is 0.235. The van der Waals surface area contributed by atoms with E-state index in [1.54, 1.807) is 13.0 Å². The molecule has 0 spiro atoms. The van der Waals surface area contributed by atoms with Gasteiger partial charge < -0.3 is 15.2 Å². The van der Waals surface area contributed by atoms with Crippen molar-refractivity contribution in [3.8, 4) is 11.5 Å². The fourth-order valence-corrected chi connectivity index (χ4v) is 2.14. The van der Waals surface area contributed by atoms with Gasteiger partial charge in [0.15, 0.2) is 0 Å². The van der Waals surface area contributed by atoms with Crippen LogP contribution in [-0.4, -0.2) is 23.5 Å². The molecular weight excluding hydrogens is 331 g/mol. The standard InChI is InChI=1S/C17H17FN2O5/c1-2-24-17(21)14(19)9-11-3-8-16(15(10-11)20(22)23)25-13-6-4-12(18)5-7-13/h3-8,10,14H,2,9,19H2,1H3. The van der Waals surface area contributed by atoms with E-state index in [-0.39, 0.29) is 30.2 Å². The number of carbonyl (C=O) groups excluding carboxylic acids is 1. The first kappa shape index (κ1) is 18.3. The molecule has 0 aliphatic carbocycles. The third-order valence-corrected chi connectivity index (χ3v) is 3.31. The van der Waals surface area contributed by atoms with Crippen LogP contribution in [0.4, 0.5) is 10.1 Å². The van der Waals surface area contributed by atoms with Crippen molar-refractivity contribution in [2.24, 2.45) is 5.73 Å². The van der Waals surface area contributed by atoms with Gasteiger partial charge in [0.1, 0.15) is 17.6 Å². The Labute approximate surface area is 143 Å². The lowest BCUT2D eigenvalue weighted by molar-refractivity contribution is -0.385. The van der Waals surface area contributed by atoms with Crippen molar-refractivity contribution in [2.45, 2.75) is 19.4 Å². The Morgan fingerprint density at radius 3 is 2.56 bits per heavy atom. The highest BCUT2D eigenvalue weighted by atomic mass is 19.1. The van der Waals surface area contributed by atoms with Crippen LogP contribution in [0.3, 0.4) is 0 Å². The summed E-state index contributed by atoms with van der Waals surface area (Å²) in [6.07, 6.45) is 0.0938. The molecule has 1 unspecified atom stereocenters. The van der Waals surface area contributed by atoms with Crippen LogP contribution >= 0.6 is 0 Å². The SMILES string of the molecule is CCOC(=O)C(N)Cc1ccc(Oc2ccc(F)cc2)c([N+](=O)[O-])c1. The van der Waals surface area contributed by atoms with Gasteiger partial charge in [0.2, 0.25) is 5.75 Å². The molecule has 1 atom stereocenters. The summed E-state index contributed by atoms with van der Waals surface area (Å²) in [7, 11) is 0. The third kappa shape index (κ3) is 4.98. The maximum atomic E-state index is 12.9. The van der Waals surface area contributed by atoms with E-state index in [4.69, 9.17) is 15.2 Å². The number of hydrogen-bond acceptors (Lipinski definition) is 6. The quantitative estimate of drug-likeness (QED) is 0.468. The van der Waals surface area contributed by atoms with E-state index < -0.39 is 22.8 Å². The lowest BCUT2D eigenvalue weighted by Crippen LogP contribution is -2.34. The number of nitrogens with two attached hydrogens (primary N) is 1. The molecule has 0 fully saturated rings. The van der Waals surface area contributed by atoms with Crippen molar-refractivity contribution < 1.29 is 23.6 Å². The van der Waals surface area contributed by atoms with Gasteiger partial charge in [-0.2, -0.15) is 0 Å². The summed E-state index contributed by atoms with van der Waals surface area (Å²) in [4.78, 5) is 22.2. The van der Waals surface area contributed by atoms with Gasteiger partial charge in [-0.25, -0.2) is 4.39 Å². The van der Waals surface area contributed by atoms with E-state index in [1.807, 2.05) is 0 Å². The van der Waals surface area contributed by atoms with E-state index in [9.17, 15) is 19.3 Å². The van der Waals surface area contributed by atoms with Crippen molar-refractivity contribution in [3.63, 3.8) is 0 Å². The lowest BCUT2D eigenvalue weighted by atomic mass is 10.1. The van der Waals surface area contributed by atoms with Crippen LogP contribution < -0.4 is 10.5 Å². The van der Waals surface area contributed by atoms with E-state index in [2.05, 4.69) is 0 Å². The number of esters is 1. The van der Waals surface area contributed by atoms with Gasteiger partial charge in [-0.1, -0.05) is 6.07 Å². The Balaban J connectivity index is 2.21. The Morgan fingerprint density at radius 1 is 1.28 bits per heavy atom. The zero-order chi connectivity index (χ0) is 18.4. The fourth-order valence-electron chi connectivity index (χ4n) is 2.14. The Bertz CT molecular complexity index is 764. The molecule has 0 heterocycles. The number of benzene rings is 2. The van der Waals surface area contributed by atoms with Crippen LogP contribution in [0.2, 0.25) is 0 Å². The molecule has 2 aromatic rings. The normalized spacial score (nSPS) is 11.6. The summed E-state index contributed by atoms with van der Waals surface area (Å²) in [6.45, 7) is 1.87. The van der Waals surface area contributed by atoms with Crippen molar-refractivity contribution in [1.29, 1.82) is 0 Å². The van der Waals surface area contributed by atoms with Gasteiger partial charge in [0, 0.05) is 6.07 Å². The summed E-state index contributed by atoms with van der Waals surface area (Å²) in [5.41, 5.74) is 5.95. The number of nitro benzene ring substituents is 1. The van der Waals surface area contributed by atoms with Crippen molar-refractivity contribution in [3.05, 3.63) is 64.0 Å². The Hall–Kier alpha value is -3.00. The second-order valence-corrected chi connectivity index (χ2v) is 5.18. The molecule has 0 saturated carbocycles. The van der Waals surface area contributed by atoms with Crippen LogP contribution in [0.25, 0.3) is 0 Å². The van der Waals surface area contributed by atoms with Crippen LogP contribution in [0.1, 0.15) is 12.5 Å². The number of carbonyl (C=O) groups is 1. The van der Waals surface area contributed by atoms with Crippen LogP contribution in [0.5, 0.6) is 11.5 Å². The van der Waals surface area contributed by atoms with Crippen LogP contribution in [-0.2, 0) is 16.0 Å². The van der Waals surface area contributed by atoms with Gasteiger partial charge in [-0.3, -0.25) is 14.9 Å². The monoisotopic (exact) mass is 348 g/mol. The molecule has 0 bridgehead atoms. The molecular formula is C17H17FN2O5. The molecule has 0 saturated heterocycles. The molecule has 2 rings (SSSR count). The molecule has 0 radical (unpaired) electrons. The highest BCUT2D eigenvalue weighted by Crippen LogP contribution is 2.32. The first-order valence-electron chi connectivity index (χ1n) is 7.53. The molecule has 0 aliphatic heterocycles. The summed E-state index contributed by atoms with van der Waals surface area (Å²) in [6, 6.07) is 8.47. The van der Waals surface area contributed by atoms with Crippen molar-refractivity contribution in [1.82, 2.24) is 0 Å². The van der Waals surface area contributed by atoms with E-state index in [0.717, 1.165) is 0 Å². The summed E-state index contributed by atoms with van der Waals surface area (Å²) >= 11 is 0. The van der Waals surface area contributed by atoms with E-state index in [0.29, 0.717) is 5.56 Å². The average Bonchev–Trinajstić information content (AvgIpc) is 2.58. The highest BCUT2D eigenvalue weighted by molar-refractivity contribution is 5.76. The molecule has 0 aliphatic rings. The van der Waals surface area contributed by atoms with Gasteiger partial charge in [0.25, 0.3) is 0 Å². The predicted octanol–water partition coefficient (Wildman–Crippen LogP) is 2.96. The topological polar surface area (TPSA) is 105 Å². The smallest absolute Gasteiger partial charge is 0.323 e. The molecule has 2 aromatic carbocycles. The van der Waals surface area contributed by atoms with Crippen molar-refractivity contribution in [2.75, 3.05) is 6.61 Å². The zero-order valence-corrected chi connectivity index (χ0v) is 13.5. The number of ether oxygens (including phenoxy) is 2. The summed E-state index contributed by atoms with van der Waals surface area (Å²) in [5.74, 6) is -0.743. The zero-order valence-electron chi connectivity index (χ0n) is 13.5. The number of hydrogen-bond donors (Lipinski definition) is 1. The predicted molar refractivity (Wildman–Crippen MR) is 87.9 cm³/mol. The number of nitro groups is 1. The van der Waals surface area contributed by atoms with Gasteiger partial charge in [-0.15, -0.1) is 0 Å². The largest absolute Gasteiger partial charge is 0.465 e. The number of halogens is 1. The molecule has 7 nitrogen and oxygen atoms in total. The molecule has 132 valence electrons. The van der Waals surface area contributed by atoms with Crippen LogP contribution in [0, 0.1) is 15.9 Å². The van der Waals surface area contributed by atoms with Gasteiger partial charge in [0.05, 0.1) is 11.5 Å². The second kappa shape index (κ2) is 8.20. The molecule has 25 heavy (non-hydrogen) atoms. The lowest BCUT2D eigenvalue weighted by Gasteiger charge is -2.11. The Morgan fingerprint density at radius 2 is 1.96 bits per heavy atom. The maximum Gasteiger partial charge on any atom is 0.323 e. The first-order valence-corrected chi connectivity index (χ1v) is 7.53. The molecule has 8 heteroatoms. The van der Waals surface area contributed by atoms with E-state index >= 15 is 0 Å². The molecule has 0 amide bonds. The molecule has 2 N–H and O–H groups in total. The molecule has 0 aromatic heterocycles. The Kier molecular flexibility index (Phi) is 6.02. The minimum Gasteiger partial charge on any atom is -0.465 e. The minimum atomic E-state index is -0.913. The average molecular weight is 348 g/mol. The van der Waals surface area contributed by atoms with Gasteiger partial charge >= 0.3 is 11.7 Å². The maximum absolute atomic E-state index is 12.9. The number of nitrogens with zero attached hydrogens (tertiary/aromatic N) is 1. The van der Waals surface area contributed by atoms with Gasteiger partial charge in [-0.05, 0) is 49.2 Å². The van der Waals surface area contributed by atoms with Crippen LogP contribution in [0.15, 0.2) is 42.5 Å². The number of rotatable bonds is 7. The first-order chi connectivity index (χ1) is 11.9. The summed E-state index contributed by atoms with van der Waals surface area (Å²) < 4.78 is 23.2. The van der Waals surface area contributed by atoms with E-state index in [1.165, 1.54) is 36.4 Å². The minimum absolute atomic E-state index is 0.00469.